The molecule has 0 aliphatic carbocycles. The highest BCUT2D eigenvalue weighted by Crippen LogP contribution is 2.31. The largest absolute Gasteiger partial charge is 0.309 e. The van der Waals surface area contributed by atoms with Crippen LogP contribution in [-0.2, 0) is 0 Å². The van der Waals surface area contributed by atoms with Crippen molar-refractivity contribution in [2.24, 2.45) is 0 Å². The third kappa shape index (κ3) is 2.66. The van der Waals surface area contributed by atoms with Crippen LogP contribution in [0.25, 0.3) is 0 Å². The molecule has 0 saturated carbocycles. The molecule has 0 aliphatic rings. The fraction of sp³-hybridized carbons (Fsp3) is 0.286. The lowest BCUT2D eigenvalue weighted by Gasteiger charge is -2.17. The third-order valence-corrected chi connectivity index (χ3v) is 4.55. The van der Waals surface area contributed by atoms with E-state index in [2.05, 4.69) is 41.2 Å². The minimum absolute atomic E-state index is 0.104. The van der Waals surface area contributed by atoms with Gasteiger partial charge in [0.15, 0.2) is 0 Å². The number of halogens is 2. The van der Waals surface area contributed by atoms with Gasteiger partial charge in [-0.15, -0.1) is 11.3 Å². The molecule has 4 heteroatoms. The Morgan fingerprint density at radius 1 is 1.28 bits per heavy atom. The van der Waals surface area contributed by atoms with Crippen LogP contribution < -0.4 is 5.32 Å². The Balaban J connectivity index is 2.45. The maximum atomic E-state index is 13.3. The van der Waals surface area contributed by atoms with Crippen LogP contribution >= 0.6 is 27.3 Å². The molecule has 1 aromatic carbocycles. The number of aryl methyl sites for hydroxylation is 2. The second kappa shape index (κ2) is 5.51. The molecule has 1 heterocycles. The zero-order valence-electron chi connectivity index (χ0n) is 10.6. The second-order valence-corrected chi connectivity index (χ2v) is 6.58. The van der Waals surface area contributed by atoms with Crippen molar-refractivity contribution >= 4 is 27.3 Å². The Bertz CT molecular complexity index is 565. The van der Waals surface area contributed by atoms with Crippen LogP contribution in [0.5, 0.6) is 0 Å². The van der Waals surface area contributed by atoms with Crippen molar-refractivity contribution in [3.05, 3.63) is 55.4 Å². The average molecular weight is 328 g/mol. The molecule has 2 aromatic rings. The molecule has 0 fully saturated rings. The second-order valence-electron chi connectivity index (χ2n) is 4.26. The molecule has 0 amide bonds. The van der Waals surface area contributed by atoms with E-state index < -0.39 is 0 Å². The van der Waals surface area contributed by atoms with E-state index in [9.17, 15) is 4.39 Å². The molecule has 1 atom stereocenters. The Morgan fingerprint density at radius 2 is 2.00 bits per heavy atom. The van der Waals surface area contributed by atoms with E-state index >= 15 is 0 Å². The molecule has 1 nitrogen and oxygen atoms in total. The highest BCUT2D eigenvalue weighted by atomic mass is 79.9. The van der Waals surface area contributed by atoms with Crippen LogP contribution in [0.2, 0.25) is 0 Å². The third-order valence-electron chi connectivity index (χ3n) is 2.96. The minimum Gasteiger partial charge on any atom is -0.309 e. The van der Waals surface area contributed by atoms with E-state index in [0.29, 0.717) is 4.47 Å². The van der Waals surface area contributed by atoms with Crippen molar-refractivity contribution in [1.29, 1.82) is 0 Å². The summed E-state index contributed by atoms with van der Waals surface area (Å²) in [6, 6.07) is 7.46. The highest BCUT2D eigenvalue weighted by Gasteiger charge is 2.17. The van der Waals surface area contributed by atoms with E-state index in [1.807, 2.05) is 19.2 Å². The summed E-state index contributed by atoms with van der Waals surface area (Å²) in [4.78, 5) is 2.59. The van der Waals surface area contributed by atoms with Gasteiger partial charge in [-0.25, -0.2) is 4.39 Å². The summed E-state index contributed by atoms with van der Waals surface area (Å²) in [5.41, 5.74) is 2.32. The van der Waals surface area contributed by atoms with Gasteiger partial charge in [0.05, 0.1) is 10.5 Å². The van der Waals surface area contributed by atoms with Crippen LogP contribution in [-0.4, -0.2) is 7.05 Å². The predicted octanol–water partition coefficient (Wildman–Crippen LogP) is 4.58. The lowest BCUT2D eigenvalue weighted by atomic mass is 9.99. The standard InChI is InChI=1S/C14H15BrFNS/c1-8-6-11(9(2)18-8)14(17-3)10-4-5-13(16)12(15)7-10/h4-7,14,17H,1-3H3. The molecule has 96 valence electrons. The predicted molar refractivity (Wildman–Crippen MR) is 78.8 cm³/mol. The Kier molecular flexibility index (Phi) is 4.20. The molecular formula is C14H15BrFNS. The number of thiophene rings is 1. The van der Waals surface area contributed by atoms with Gasteiger partial charge in [0.2, 0.25) is 0 Å². The summed E-state index contributed by atoms with van der Waals surface area (Å²) in [5.74, 6) is -0.230. The molecule has 0 aliphatic heterocycles. The van der Waals surface area contributed by atoms with Crippen molar-refractivity contribution in [2.75, 3.05) is 7.05 Å². The first-order chi connectivity index (χ1) is 8.52. The molecule has 0 saturated heterocycles. The van der Waals surface area contributed by atoms with Gasteiger partial charge in [-0.2, -0.15) is 0 Å². The van der Waals surface area contributed by atoms with E-state index in [1.54, 1.807) is 11.3 Å². The fourth-order valence-electron chi connectivity index (χ4n) is 2.13. The van der Waals surface area contributed by atoms with E-state index in [0.717, 1.165) is 5.56 Å². The number of benzene rings is 1. The van der Waals surface area contributed by atoms with Gasteiger partial charge in [-0.3, -0.25) is 0 Å². The van der Waals surface area contributed by atoms with Crippen molar-refractivity contribution in [3.8, 4) is 0 Å². The van der Waals surface area contributed by atoms with Crippen LogP contribution in [0, 0.1) is 19.7 Å². The molecular weight excluding hydrogens is 313 g/mol. The zero-order chi connectivity index (χ0) is 13.3. The van der Waals surface area contributed by atoms with Crippen molar-refractivity contribution in [1.82, 2.24) is 5.32 Å². The lowest BCUT2D eigenvalue weighted by molar-refractivity contribution is 0.616. The summed E-state index contributed by atoms with van der Waals surface area (Å²) in [5, 5.41) is 3.30. The summed E-state index contributed by atoms with van der Waals surface area (Å²) in [7, 11) is 1.92. The van der Waals surface area contributed by atoms with Gasteiger partial charge >= 0.3 is 0 Å². The topological polar surface area (TPSA) is 12.0 Å². The van der Waals surface area contributed by atoms with Gasteiger partial charge in [0.1, 0.15) is 5.82 Å². The summed E-state index contributed by atoms with van der Waals surface area (Å²) < 4.78 is 13.8. The lowest BCUT2D eigenvalue weighted by Crippen LogP contribution is -2.17. The monoisotopic (exact) mass is 327 g/mol. The van der Waals surface area contributed by atoms with Crippen LogP contribution in [0.15, 0.2) is 28.7 Å². The van der Waals surface area contributed by atoms with Crippen molar-refractivity contribution in [3.63, 3.8) is 0 Å². The maximum absolute atomic E-state index is 13.3. The number of hydrogen-bond donors (Lipinski definition) is 1. The number of nitrogens with one attached hydrogen (secondary N) is 1. The van der Waals surface area contributed by atoms with Crippen LogP contribution in [0.4, 0.5) is 4.39 Å². The molecule has 18 heavy (non-hydrogen) atoms. The molecule has 1 N–H and O–H groups in total. The van der Waals surface area contributed by atoms with Crippen molar-refractivity contribution < 1.29 is 4.39 Å². The summed E-state index contributed by atoms with van der Waals surface area (Å²) in [6.45, 7) is 4.23. The van der Waals surface area contributed by atoms with E-state index in [1.165, 1.54) is 21.4 Å². The van der Waals surface area contributed by atoms with E-state index in [4.69, 9.17) is 0 Å². The van der Waals surface area contributed by atoms with Gasteiger partial charge in [0.25, 0.3) is 0 Å². The Hall–Kier alpha value is -0.710. The van der Waals surface area contributed by atoms with Gasteiger partial charge < -0.3 is 5.32 Å². The molecule has 0 spiro atoms. The van der Waals surface area contributed by atoms with E-state index in [-0.39, 0.29) is 11.9 Å². The minimum atomic E-state index is -0.230. The Labute approximate surface area is 119 Å². The molecule has 0 bridgehead atoms. The summed E-state index contributed by atoms with van der Waals surface area (Å²) in [6.07, 6.45) is 0. The molecule has 1 aromatic heterocycles. The SMILES string of the molecule is CNC(c1ccc(F)c(Br)c1)c1cc(C)sc1C. The fourth-order valence-corrected chi connectivity index (χ4v) is 3.49. The van der Waals surface area contributed by atoms with Crippen molar-refractivity contribution in [2.45, 2.75) is 19.9 Å². The van der Waals surface area contributed by atoms with Crippen LogP contribution in [0.1, 0.15) is 26.9 Å². The Morgan fingerprint density at radius 3 is 2.50 bits per heavy atom. The average Bonchev–Trinajstić information content (AvgIpc) is 2.64. The first kappa shape index (κ1) is 13.7. The molecule has 2 rings (SSSR count). The van der Waals surface area contributed by atoms with Gasteiger partial charge in [0, 0.05) is 9.75 Å². The summed E-state index contributed by atoms with van der Waals surface area (Å²) >= 11 is 5.03. The molecule has 1 unspecified atom stereocenters. The number of hydrogen-bond acceptors (Lipinski definition) is 2. The normalized spacial score (nSPS) is 12.7. The highest BCUT2D eigenvalue weighted by molar-refractivity contribution is 9.10. The van der Waals surface area contributed by atoms with Gasteiger partial charge in [-0.05, 0) is 66.2 Å². The maximum Gasteiger partial charge on any atom is 0.137 e. The number of rotatable bonds is 3. The quantitative estimate of drug-likeness (QED) is 0.870. The molecule has 0 radical (unpaired) electrons. The smallest absolute Gasteiger partial charge is 0.137 e. The van der Waals surface area contributed by atoms with Crippen LogP contribution in [0.3, 0.4) is 0 Å². The zero-order valence-corrected chi connectivity index (χ0v) is 13.0. The first-order valence-corrected chi connectivity index (χ1v) is 7.33. The van der Waals surface area contributed by atoms with Gasteiger partial charge in [-0.1, -0.05) is 6.07 Å². The first-order valence-electron chi connectivity index (χ1n) is 5.72.